The lowest BCUT2D eigenvalue weighted by atomic mass is 9.87. The van der Waals surface area contributed by atoms with Crippen LogP contribution in [-0.2, 0) is 11.2 Å². The highest BCUT2D eigenvalue weighted by Crippen LogP contribution is 2.43. The first-order chi connectivity index (χ1) is 12.7. The Labute approximate surface area is 155 Å². The summed E-state index contributed by atoms with van der Waals surface area (Å²) < 4.78 is 5.94. The summed E-state index contributed by atoms with van der Waals surface area (Å²) in [7, 11) is 0. The third-order valence-corrected chi connectivity index (χ3v) is 5.10. The number of carbonyl (C=O) groups is 1. The van der Waals surface area contributed by atoms with Gasteiger partial charge in [0.15, 0.2) is 0 Å². The van der Waals surface area contributed by atoms with Crippen LogP contribution in [0, 0.1) is 0 Å². The molecule has 26 heavy (non-hydrogen) atoms. The third-order valence-electron chi connectivity index (χ3n) is 4.29. The van der Waals surface area contributed by atoms with Gasteiger partial charge in [0.1, 0.15) is 16.5 Å². The zero-order valence-corrected chi connectivity index (χ0v) is 14.8. The van der Waals surface area contributed by atoms with Gasteiger partial charge in [0, 0.05) is 24.1 Å². The van der Waals surface area contributed by atoms with Gasteiger partial charge in [-0.2, -0.15) is 0 Å². The quantitative estimate of drug-likeness (QED) is 0.677. The number of aryl methyl sites for hydroxylation is 1. The molecule has 0 spiro atoms. The van der Waals surface area contributed by atoms with Crippen LogP contribution in [0.25, 0.3) is 0 Å². The number of para-hydroxylation sites is 2. The molecule has 7 heteroatoms. The number of rotatable bonds is 5. The van der Waals surface area contributed by atoms with E-state index < -0.39 is 0 Å². The molecule has 1 aromatic heterocycles. The lowest BCUT2D eigenvalue weighted by Gasteiger charge is -2.27. The number of benzene rings is 2. The summed E-state index contributed by atoms with van der Waals surface area (Å²) >= 11 is 1.38. The molecule has 2 aromatic carbocycles. The molecule has 0 aliphatic carbocycles. The number of anilines is 1. The van der Waals surface area contributed by atoms with Crippen molar-refractivity contribution >= 4 is 22.4 Å². The Balaban J connectivity index is 1.47. The van der Waals surface area contributed by atoms with Crippen molar-refractivity contribution in [2.45, 2.75) is 18.8 Å². The van der Waals surface area contributed by atoms with Gasteiger partial charge in [-0.1, -0.05) is 47.7 Å². The van der Waals surface area contributed by atoms with E-state index in [9.17, 15) is 4.79 Å². The monoisotopic (exact) mass is 366 g/mol. The maximum Gasteiger partial charge on any atom is 0.232 e. The van der Waals surface area contributed by atoms with Crippen LogP contribution in [0.4, 0.5) is 5.13 Å². The minimum absolute atomic E-state index is 0.0232. The fourth-order valence-electron chi connectivity index (χ4n) is 3.11. The standard InChI is InChI=1S/C19H18N4O2S/c20-19-23-22-16(26-19)10-5-11-21-18(24)17-12-6-1-3-8-14(12)25-15-9-4-2-7-13(15)17/h1-4,6-9,17H,5,10-11H2,(H2,20,23)(H,21,24). The van der Waals surface area contributed by atoms with Crippen LogP contribution in [0.2, 0.25) is 0 Å². The Kier molecular flexibility index (Phi) is 4.53. The van der Waals surface area contributed by atoms with Crippen molar-refractivity contribution in [3.63, 3.8) is 0 Å². The van der Waals surface area contributed by atoms with E-state index in [1.807, 2.05) is 48.5 Å². The highest BCUT2D eigenvalue weighted by atomic mass is 32.1. The molecule has 3 aromatic rings. The summed E-state index contributed by atoms with van der Waals surface area (Å²) in [4.78, 5) is 12.9. The summed E-state index contributed by atoms with van der Waals surface area (Å²) in [5, 5.41) is 12.2. The molecule has 0 fully saturated rings. The smallest absolute Gasteiger partial charge is 0.232 e. The molecule has 3 N–H and O–H groups in total. The number of nitrogen functional groups attached to an aromatic ring is 1. The maximum absolute atomic E-state index is 12.9. The molecule has 4 rings (SSSR count). The number of nitrogens with one attached hydrogen (secondary N) is 1. The van der Waals surface area contributed by atoms with E-state index in [-0.39, 0.29) is 11.8 Å². The summed E-state index contributed by atoms with van der Waals surface area (Å²) in [6.45, 7) is 0.569. The van der Waals surface area contributed by atoms with Crippen molar-refractivity contribution in [2.75, 3.05) is 12.3 Å². The Morgan fingerprint density at radius 3 is 2.35 bits per heavy atom. The molecule has 0 bridgehead atoms. The lowest BCUT2D eigenvalue weighted by Crippen LogP contribution is -2.32. The molecular weight excluding hydrogens is 348 g/mol. The minimum Gasteiger partial charge on any atom is -0.457 e. The molecule has 1 aliphatic rings. The fourth-order valence-corrected chi connectivity index (χ4v) is 3.76. The summed E-state index contributed by atoms with van der Waals surface area (Å²) in [6.07, 6.45) is 1.53. The molecule has 0 saturated heterocycles. The van der Waals surface area contributed by atoms with Crippen LogP contribution in [0.5, 0.6) is 11.5 Å². The van der Waals surface area contributed by atoms with Gasteiger partial charge in [-0.3, -0.25) is 4.79 Å². The number of amides is 1. The van der Waals surface area contributed by atoms with Crippen LogP contribution in [0.3, 0.4) is 0 Å². The summed E-state index contributed by atoms with van der Waals surface area (Å²) in [6, 6.07) is 15.4. The Morgan fingerprint density at radius 2 is 1.73 bits per heavy atom. The Hall–Kier alpha value is -2.93. The van der Waals surface area contributed by atoms with E-state index in [0.717, 1.165) is 40.5 Å². The van der Waals surface area contributed by atoms with E-state index in [2.05, 4.69) is 15.5 Å². The fraction of sp³-hybridized carbons (Fsp3) is 0.211. The van der Waals surface area contributed by atoms with E-state index >= 15 is 0 Å². The summed E-state index contributed by atoms with van der Waals surface area (Å²) in [5.41, 5.74) is 7.36. The molecule has 1 aliphatic heterocycles. The number of hydrogen-bond donors (Lipinski definition) is 2. The number of carbonyl (C=O) groups excluding carboxylic acids is 1. The van der Waals surface area contributed by atoms with E-state index in [0.29, 0.717) is 11.7 Å². The third kappa shape index (κ3) is 3.25. The van der Waals surface area contributed by atoms with Gasteiger partial charge < -0.3 is 15.8 Å². The van der Waals surface area contributed by atoms with Crippen LogP contribution in [0.15, 0.2) is 48.5 Å². The SMILES string of the molecule is Nc1nnc(CCCNC(=O)C2c3ccccc3Oc3ccccc32)s1. The second-order valence-corrected chi connectivity index (χ2v) is 7.13. The number of nitrogens with two attached hydrogens (primary N) is 1. The van der Waals surface area contributed by atoms with Crippen molar-refractivity contribution in [2.24, 2.45) is 0 Å². The first-order valence-electron chi connectivity index (χ1n) is 8.43. The van der Waals surface area contributed by atoms with Crippen LogP contribution < -0.4 is 15.8 Å². The second-order valence-electron chi connectivity index (χ2n) is 6.04. The van der Waals surface area contributed by atoms with Crippen LogP contribution in [-0.4, -0.2) is 22.6 Å². The maximum atomic E-state index is 12.9. The average molecular weight is 366 g/mol. The second kappa shape index (κ2) is 7.13. The van der Waals surface area contributed by atoms with Crippen molar-refractivity contribution < 1.29 is 9.53 Å². The van der Waals surface area contributed by atoms with Crippen molar-refractivity contribution in [1.82, 2.24) is 15.5 Å². The Morgan fingerprint density at radius 1 is 1.08 bits per heavy atom. The largest absolute Gasteiger partial charge is 0.457 e. The topological polar surface area (TPSA) is 90.1 Å². The molecular formula is C19H18N4O2S. The lowest BCUT2D eigenvalue weighted by molar-refractivity contribution is -0.121. The van der Waals surface area contributed by atoms with E-state index in [1.54, 1.807) is 0 Å². The number of ether oxygens (including phenoxy) is 1. The number of nitrogens with zero attached hydrogens (tertiary/aromatic N) is 2. The molecule has 0 unspecified atom stereocenters. The first-order valence-corrected chi connectivity index (χ1v) is 9.25. The number of hydrogen-bond acceptors (Lipinski definition) is 6. The van der Waals surface area contributed by atoms with E-state index in [1.165, 1.54) is 11.3 Å². The molecule has 1 amide bonds. The molecule has 0 atom stereocenters. The average Bonchev–Trinajstić information content (AvgIpc) is 3.08. The van der Waals surface area contributed by atoms with Crippen molar-refractivity contribution in [1.29, 1.82) is 0 Å². The molecule has 0 radical (unpaired) electrons. The zero-order valence-electron chi connectivity index (χ0n) is 14.0. The van der Waals surface area contributed by atoms with Crippen molar-refractivity contribution in [3.8, 4) is 11.5 Å². The van der Waals surface area contributed by atoms with Crippen LogP contribution in [0.1, 0.15) is 28.5 Å². The van der Waals surface area contributed by atoms with Gasteiger partial charge >= 0.3 is 0 Å². The molecule has 2 heterocycles. The van der Waals surface area contributed by atoms with Gasteiger partial charge in [0.2, 0.25) is 11.0 Å². The predicted molar refractivity (Wildman–Crippen MR) is 100 cm³/mol. The highest BCUT2D eigenvalue weighted by molar-refractivity contribution is 7.15. The molecule has 132 valence electrons. The van der Waals surface area contributed by atoms with Gasteiger partial charge in [-0.25, -0.2) is 0 Å². The first kappa shape index (κ1) is 16.5. The summed E-state index contributed by atoms with van der Waals surface area (Å²) in [5.74, 6) is 1.07. The Bertz CT molecular complexity index is 895. The van der Waals surface area contributed by atoms with Gasteiger partial charge in [-0.15, -0.1) is 10.2 Å². The molecule has 0 saturated carbocycles. The normalized spacial score (nSPS) is 12.8. The van der Waals surface area contributed by atoms with Crippen molar-refractivity contribution in [3.05, 3.63) is 64.7 Å². The number of fused-ring (bicyclic) bond motifs is 2. The van der Waals surface area contributed by atoms with Gasteiger partial charge in [0.05, 0.1) is 5.92 Å². The molecule has 6 nitrogen and oxygen atoms in total. The van der Waals surface area contributed by atoms with Gasteiger partial charge in [-0.05, 0) is 18.6 Å². The zero-order chi connectivity index (χ0) is 17.9. The highest BCUT2D eigenvalue weighted by Gasteiger charge is 2.32. The van der Waals surface area contributed by atoms with E-state index in [4.69, 9.17) is 10.5 Å². The number of aromatic nitrogens is 2. The minimum atomic E-state index is -0.367. The van der Waals surface area contributed by atoms with Gasteiger partial charge in [0.25, 0.3) is 0 Å². The van der Waals surface area contributed by atoms with Crippen LogP contribution >= 0.6 is 11.3 Å². The predicted octanol–water partition coefficient (Wildman–Crippen LogP) is 3.11.